The van der Waals surface area contributed by atoms with Crippen LogP contribution in [0.15, 0.2) is 0 Å². The van der Waals surface area contributed by atoms with Crippen LogP contribution < -0.4 is 5.32 Å². The zero-order valence-electron chi connectivity index (χ0n) is 14.8. The molecule has 0 saturated heterocycles. The van der Waals surface area contributed by atoms with Gasteiger partial charge in [0.15, 0.2) is 0 Å². The van der Waals surface area contributed by atoms with Crippen LogP contribution in [0.5, 0.6) is 0 Å². The Balaban J connectivity index is 2.63. The Labute approximate surface area is 127 Å². The van der Waals surface area contributed by atoms with Gasteiger partial charge in [0.25, 0.3) is 0 Å². The Kier molecular flexibility index (Phi) is 7.53. The van der Waals surface area contributed by atoms with Crippen molar-refractivity contribution in [3.63, 3.8) is 0 Å². The molecule has 0 aliphatic heterocycles. The van der Waals surface area contributed by atoms with Gasteiger partial charge in [0.1, 0.15) is 0 Å². The first-order valence-corrected chi connectivity index (χ1v) is 8.79. The van der Waals surface area contributed by atoms with Crippen LogP contribution in [0.3, 0.4) is 0 Å². The molecule has 2 nitrogen and oxygen atoms in total. The lowest BCUT2D eigenvalue weighted by atomic mass is 9.69. The second-order valence-electron chi connectivity index (χ2n) is 7.90. The minimum atomic E-state index is 0.505. The third-order valence-electron chi connectivity index (χ3n) is 5.17. The molecule has 1 aliphatic carbocycles. The van der Waals surface area contributed by atoms with E-state index in [2.05, 4.69) is 51.9 Å². The zero-order chi connectivity index (χ0) is 15.2. The summed E-state index contributed by atoms with van der Waals surface area (Å²) in [6, 6.07) is 0.703. The van der Waals surface area contributed by atoms with Crippen molar-refractivity contribution >= 4 is 0 Å². The van der Waals surface area contributed by atoms with E-state index in [1.165, 1.54) is 45.2 Å². The van der Waals surface area contributed by atoms with E-state index in [-0.39, 0.29) is 0 Å². The fraction of sp³-hybridized carbons (Fsp3) is 1.00. The average Bonchev–Trinajstić information content (AvgIpc) is 2.37. The number of nitrogens with one attached hydrogen (secondary N) is 1. The molecule has 1 rings (SSSR count). The highest BCUT2D eigenvalue weighted by Crippen LogP contribution is 2.39. The summed E-state index contributed by atoms with van der Waals surface area (Å²) in [5.74, 6) is 1.65. The third kappa shape index (κ3) is 5.73. The molecular formula is C18H38N2. The van der Waals surface area contributed by atoms with Crippen LogP contribution in [0.4, 0.5) is 0 Å². The summed E-state index contributed by atoms with van der Waals surface area (Å²) in [4.78, 5) is 2.59. The molecule has 3 unspecified atom stereocenters. The van der Waals surface area contributed by atoms with E-state index < -0.39 is 0 Å². The van der Waals surface area contributed by atoms with Crippen molar-refractivity contribution in [1.82, 2.24) is 10.2 Å². The molecule has 0 heterocycles. The van der Waals surface area contributed by atoms with E-state index >= 15 is 0 Å². The molecule has 3 atom stereocenters. The van der Waals surface area contributed by atoms with Gasteiger partial charge >= 0.3 is 0 Å². The smallest absolute Gasteiger partial charge is 0.00614 e. The predicted molar refractivity (Wildman–Crippen MR) is 90.2 cm³/mol. The predicted octanol–water partition coefficient (Wildman–Crippen LogP) is 4.16. The fourth-order valence-electron chi connectivity index (χ4n) is 3.75. The van der Waals surface area contributed by atoms with Crippen LogP contribution in [-0.4, -0.2) is 37.6 Å². The molecule has 0 bridgehead atoms. The summed E-state index contributed by atoms with van der Waals surface area (Å²) < 4.78 is 0. The standard InChI is InChI=1S/C18H38N2/c1-7-17(5)20(6)14-18(13-19-12-15(2)3)10-8-9-16(4)11-18/h15-17,19H,7-14H2,1-6H3. The Bertz CT molecular complexity index is 264. The van der Waals surface area contributed by atoms with Crippen molar-refractivity contribution in [3.05, 3.63) is 0 Å². The molecule has 120 valence electrons. The Morgan fingerprint density at radius 3 is 2.55 bits per heavy atom. The van der Waals surface area contributed by atoms with E-state index in [1.807, 2.05) is 0 Å². The van der Waals surface area contributed by atoms with Crippen LogP contribution in [0.2, 0.25) is 0 Å². The van der Waals surface area contributed by atoms with E-state index in [1.54, 1.807) is 0 Å². The molecule has 0 spiro atoms. The largest absolute Gasteiger partial charge is 0.316 e. The molecule has 0 amide bonds. The van der Waals surface area contributed by atoms with Crippen LogP contribution in [0.1, 0.15) is 66.7 Å². The highest BCUT2D eigenvalue weighted by atomic mass is 15.1. The van der Waals surface area contributed by atoms with Crippen LogP contribution in [0, 0.1) is 17.3 Å². The van der Waals surface area contributed by atoms with Gasteiger partial charge in [0, 0.05) is 19.1 Å². The van der Waals surface area contributed by atoms with Crippen molar-refractivity contribution in [2.75, 3.05) is 26.7 Å². The summed E-state index contributed by atoms with van der Waals surface area (Å²) >= 11 is 0. The molecule has 1 saturated carbocycles. The maximum absolute atomic E-state index is 3.75. The van der Waals surface area contributed by atoms with Crippen molar-refractivity contribution in [1.29, 1.82) is 0 Å². The third-order valence-corrected chi connectivity index (χ3v) is 5.17. The first-order valence-electron chi connectivity index (χ1n) is 8.79. The van der Waals surface area contributed by atoms with Gasteiger partial charge in [-0.1, -0.05) is 40.5 Å². The van der Waals surface area contributed by atoms with E-state index in [9.17, 15) is 0 Å². The van der Waals surface area contributed by atoms with Gasteiger partial charge in [-0.05, 0) is 57.0 Å². The zero-order valence-corrected chi connectivity index (χ0v) is 14.8. The molecule has 2 heteroatoms. The maximum atomic E-state index is 3.75. The quantitative estimate of drug-likeness (QED) is 0.719. The number of nitrogens with zero attached hydrogens (tertiary/aromatic N) is 1. The van der Waals surface area contributed by atoms with Crippen LogP contribution in [0.25, 0.3) is 0 Å². The highest BCUT2D eigenvalue weighted by Gasteiger charge is 2.36. The minimum absolute atomic E-state index is 0.505. The fourth-order valence-corrected chi connectivity index (χ4v) is 3.75. The van der Waals surface area contributed by atoms with Crippen molar-refractivity contribution < 1.29 is 0 Å². The van der Waals surface area contributed by atoms with Gasteiger partial charge in [0.05, 0.1) is 0 Å². The normalized spacial score (nSPS) is 29.1. The lowest BCUT2D eigenvalue weighted by molar-refractivity contribution is 0.0745. The van der Waals surface area contributed by atoms with Gasteiger partial charge in [-0.3, -0.25) is 0 Å². The number of hydrogen-bond donors (Lipinski definition) is 1. The van der Waals surface area contributed by atoms with Gasteiger partial charge in [-0.2, -0.15) is 0 Å². The molecule has 20 heavy (non-hydrogen) atoms. The van der Waals surface area contributed by atoms with Crippen molar-refractivity contribution in [3.8, 4) is 0 Å². The Hall–Kier alpha value is -0.0800. The maximum Gasteiger partial charge on any atom is 0.00614 e. The molecule has 0 aromatic heterocycles. The van der Waals surface area contributed by atoms with E-state index in [4.69, 9.17) is 0 Å². The first kappa shape index (κ1) is 18.0. The summed E-state index contributed by atoms with van der Waals surface area (Å²) in [5, 5.41) is 3.75. The Morgan fingerprint density at radius 2 is 2.00 bits per heavy atom. The first-order chi connectivity index (χ1) is 9.38. The van der Waals surface area contributed by atoms with Gasteiger partial charge < -0.3 is 10.2 Å². The van der Waals surface area contributed by atoms with Crippen molar-refractivity contribution in [2.45, 2.75) is 72.8 Å². The topological polar surface area (TPSA) is 15.3 Å². The lowest BCUT2D eigenvalue weighted by Gasteiger charge is -2.44. The molecule has 1 N–H and O–H groups in total. The van der Waals surface area contributed by atoms with Crippen molar-refractivity contribution in [2.24, 2.45) is 17.3 Å². The monoisotopic (exact) mass is 282 g/mol. The molecule has 0 aromatic rings. The summed E-state index contributed by atoms with van der Waals surface area (Å²) in [6.45, 7) is 15.3. The number of rotatable bonds is 8. The van der Waals surface area contributed by atoms with E-state index in [0.717, 1.165) is 18.4 Å². The Morgan fingerprint density at radius 1 is 1.30 bits per heavy atom. The summed E-state index contributed by atoms with van der Waals surface area (Å²) in [6.07, 6.45) is 6.90. The molecule has 0 radical (unpaired) electrons. The minimum Gasteiger partial charge on any atom is -0.316 e. The average molecular weight is 283 g/mol. The molecule has 0 aromatic carbocycles. The molecular weight excluding hydrogens is 244 g/mol. The summed E-state index contributed by atoms with van der Waals surface area (Å²) in [5.41, 5.74) is 0.505. The summed E-state index contributed by atoms with van der Waals surface area (Å²) in [7, 11) is 2.32. The number of hydrogen-bond acceptors (Lipinski definition) is 2. The van der Waals surface area contributed by atoms with Gasteiger partial charge in [-0.25, -0.2) is 0 Å². The van der Waals surface area contributed by atoms with Crippen LogP contribution >= 0.6 is 0 Å². The molecule has 1 fully saturated rings. The van der Waals surface area contributed by atoms with Gasteiger partial charge in [-0.15, -0.1) is 0 Å². The van der Waals surface area contributed by atoms with Gasteiger partial charge in [0.2, 0.25) is 0 Å². The second-order valence-corrected chi connectivity index (χ2v) is 7.90. The lowest BCUT2D eigenvalue weighted by Crippen LogP contribution is -2.48. The SMILES string of the molecule is CCC(C)N(C)CC1(CNCC(C)C)CCCC(C)C1. The highest BCUT2D eigenvalue weighted by molar-refractivity contribution is 4.90. The second kappa shape index (κ2) is 8.38. The molecule has 1 aliphatic rings. The van der Waals surface area contributed by atoms with Crippen LogP contribution in [-0.2, 0) is 0 Å². The van der Waals surface area contributed by atoms with E-state index in [0.29, 0.717) is 11.5 Å².